The number of nitrogens with one attached hydrogen (secondary N) is 2. The number of aromatic amines is 1. The summed E-state index contributed by atoms with van der Waals surface area (Å²) in [5.74, 6) is 1.16. The number of nitro benzene ring substituents is 1. The van der Waals surface area contributed by atoms with Crippen LogP contribution in [0, 0.1) is 10.1 Å². The molecule has 0 amide bonds. The van der Waals surface area contributed by atoms with E-state index in [0.717, 1.165) is 11.8 Å². The molecule has 4 rings (SSSR count). The van der Waals surface area contributed by atoms with Gasteiger partial charge in [-0.25, -0.2) is 10.5 Å². The summed E-state index contributed by atoms with van der Waals surface area (Å²) in [5, 5.41) is 31.3. The minimum absolute atomic E-state index is 0.113. The Morgan fingerprint density at radius 3 is 3.00 bits per heavy atom. The molecule has 0 bridgehead atoms. The van der Waals surface area contributed by atoms with Gasteiger partial charge in [-0.3, -0.25) is 14.9 Å². The van der Waals surface area contributed by atoms with E-state index < -0.39 is 4.92 Å². The molecule has 0 saturated carbocycles. The summed E-state index contributed by atoms with van der Waals surface area (Å²) in [6.07, 6.45) is 1.21. The molecule has 2 heterocycles. The van der Waals surface area contributed by atoms with Gasteiger partial charge in [0.25, 0.3) is 5.69 Å². The SMILES string of the molecule is O=C(CSc1n[nH]c(NN=Cc2cc([N+](=O)[O-])ccc2O)n1)c1ccc2c(c1)OCO2. The van der Waals surface area contributed by atoms with Gasteiger partial charge in [-0.2, -0.15) is 10.1 Å². The maximum atomic E-state index is 12.4. The molecule has 0 aliphatic carbocycles. The van der Waals surface area contributed by atoms with E-state index in [1.807, 2.05) is 0 Å². The average molecular weight is 442 g/mol. The Hall–Kier alpha value is -4.13. The number of H-pyrrole nitrogens is 1. The lowest BCUT2D eigenvalue weighted by Gasteiger charge is -2.01. The number of aromatic hydroxyl groups is 1. The first-order valence-electron chi connectivity index (χ1n) is 8.74. The number of phenolic OH excluding ortho intramolecular Hbond substituents is 1. The molecule has 0 unspecified atom stereocenters. The van der Waals surface area contributed by atoms with Gasteiger partial charge >= 0.3 is 0 Å². The standard InChI is InChI=1S/C18H14N6O6S/c25-13-3-2-12(24(27)28)5-11(13)7-19-21-17-20-18(23-22-17)31-8-14(26)10-1-4-15-16(6-10)30-9-29-15/h1-7,25H,8-9H2,(H2,20,21,22,23). The maximum Gasteiger partial charge on any atom is 0.270 e. The number of nitro groups is 1. The van der Waals surface area contributed by atoms with Crippen LogP contribution in [0.2, 0.25) is 0 Å². The van der Waals surface area contributed by atoms with Crippen LogP contribution in [0.15, 0.2) is 46.7 Å². The van der Waals surface area contributed by atoms with E-state index in [0.29, 0.717) is 22.2 Å². The predicted molar refractivity (Wildman–Crippen MR) is 110 cm³/mol. The number of carbonyl (C=O) groups excluding carboxylic acids is 1. The quantitative estimate of drug-likeness (QED) is 0.155. The fourth-order valence-corrected chi connectivity index (χ4v) is 3.26. The highest BCUT2D eigenvalue weighted by Gasteiger charge is 2.17. The van der Waals surface area contributed by atoms with Gasteiger partial charge < -0.3 is 14.6 Å². The largest absolute Gasteiger partial charge is 0.507 e. The summed E-state index contributed by atoms with van der Waals surface area (Å²) >= 11 is 1.13. The van der Waals surface area contributed by atoms with E-state index >= 15 is 0 Å². The molecule has 2 aromatic carbocycles. The summed E-state index contributed by atoms with van der Waals surface area (Å²) in [6.45, 7) is 0.137. The molecule has 0 fully saturated rings. The van der Waals surface area contributed by atoms with Crippen LogP contribution >= 0.6 is 11.8 Å². The van der Waals surface area contributed by atoms with Crippen LogP contribution in [-0.2, 0) is 0 Å². The molecule has 0 atom stereocenters. The number of phenols is 1. The molecule has 158 valence electrons. The zero-order chi connectivity index (χ0) is 21.8. The number of ketones is 1. The van der Waals surface area contributed by atoms with Crippen LogP contribution in [0.4, 0.5) is 11.6 Å². The maximum absolute atomic E-state index is 12.4. The first-order chi connectivity index (χ1) is 15.0. The number of nitrogens with zero attached hydrogens (tertiary/aromatic N) is 4. The highest BCUT2D eigenvalue weighted by molar-refractivity contribution is 7.99. The highest BCUT2D eigenvalue weighted by Crippen LogP contribution is 2.33. The van der Waals surface area contributed by atoms with Gasteiger partial charge in [-0.1, -0.05) is 11.8 Å². The van der Waals surface area contributed by atoms with Crippen molar-refractivity contribution in [3.8, 4) is 17.2 Å². The van der Waals surface area contributed by atoms with Crippen molar-refractivity contribution in [2.45, 2.75) is 5.16 Å². The van der Waals surface area contributed by atoms with Gasteiger partial charge in [0, 0.05) is 23.3 Å². The molecule has 3 aromatic rings. The van der Waals surface area contributed by atoms with Crippen LogP contribution in [-0.4, -0.2) is 49.8 Å². The van der Waals surface area contributed by atoms with Gasteiger partial charge in [0.05, 0.1) is 16.9 Å². The number of hydrogen-bond donors (Lipinski definition) is 3. The summed E-state index contributed by atoms with van der Waals surface area (Å²) in [6, 6.07) is 8.56. The zero-order valence-electron chi connectivity index (χ0n) is 15.6. The summed E-state index contributed by atoms with van der Waals surface area (Å²) in [5.41, 5.74) is 3.04. The number of hydrogen-bond acceptors (Lipinski definition) is 11. The lowest BCUT2D eigenvalue weighted by atomic mass is 10.1. The Morgan fingerprint density at radius 2 is 2.16 bits per heavy atom. The molecule has 13 heteroatoms. The fraction of sp³-hybridized carbons (Fsp3) is 0.111. The zero-order valence-corrected chi connectivity index (χ0v) is 16.5. The van der Waals surface area contributed by atoms with Gasteiger partial charge in [-0.15, -0.1) is 5.10 Å². The van der Waals surface area contributed by atoms with Gasteiger partial charge in [0.15, 0.2) is 17.3 Å². The van der Waals surface area contributed by atoms with Crippen LogP contribution in [0.5, 0.6) is 17.2 Å². The minimum Gasteiger partial charge on any atom is -0.507 e. The second-order valence-electron chi connectivity index (χ2n) is 6.12. The smallest absolute Gasteiger partial charge is 0.270 e. The Labute approximate surface area is 178 Å². The topological polar surface area (TPSA) is 165 Å². The number of fused-ring (bicyclic) bond motifs is 1. The molecule has 0 radical (unpaired) electrons. The Morgan fingerprint density at radius 1 is 1.32 bits per heavy atom. The summed E-state index contributed by atoms with van der Waals surface area (Å²) < 4.78 is 10.5. The molecule has 12 nitrogen and oxygen atoms in total. The van der Waals surface area contributed by atoms with Crippen molar-refractivity contribution >= 4 is 35.4 Å². The Bertz CT molecular complexity index is 1180. The van der Waals surface area contributed by atoms with E-state index in [4.69, 9.17) is 9.47 Å². The summed E-state index contributed by atoms with van der Waals surface area (Å²) in [7, 11) is 0. The number of hydrazone groups is 1. The van der Waals surface area contributed by atoms with Gasteiger partial charge in [0.2, 0.25) is 17.9 Å². The van der Waals surface area contributed by atoms with Gasteiger partial charge in [0.1, 0.15) is 5.75 Å². The van der Waals surface area contributed by atoms with E-state index in [1.165, 1.54) is 24.4 Å². The second kappa shape index (κ2) is 8.71. The second-order valence-corrected chi connectivity index (χ2v) is 7.06. The summed E-state index contributed by atoms with van der Waals surface area (Å²) in [4.78, 5) is 26.7. The number of rotatable bonds is 8. The molecule has 0 spiro atoms. The van der Waals surface area contributed by atoms with E-state index in [2.05, 4.69) is 25.7 Å². The number of thioether (sulfide) groups is 1. The first kappa shape index (κ1) is 20.2. The van der Waals surface area contributed by atoms with E-state index in [-0.39, 0.29) is 41.3 Å². The van der Waals surface area contributed by atoms with Crippen molar-refractivity contribution in [1.29, 1.82) is 0 Å². The third kappa shape index (κ3) is 4.72. The monoisotopic (exact) mass is 442 g/mol. The molecule has 1 aliphatic heterocycles. The molecule has 3 N–H and O–H groups in total. The number of ether oxygens (including phenoxy) is 2. The Kier molecular flexibility index (Phi) is 5.66. The van der Waals surface area contributed by atoms with Crippen LogP contribution in [0.3, 0.4) is 0 Å². The molecule has 1 aromatic heterocycles. The number of aromatic nitrogens is 3. The molecule has 31 heavy (non-hydrogen) atoms. The third-order valence-electron chi connectivity index (χ3n) is 4.09. The Balaban J connectivity index is 1.32. The van der Waals surface area contributed by atoms with Crippen LogP contribution < -0.4 is 14.9 Å². The number of non-ortho nitro benzene ring substituents is 1. The van der Waals surface area contributed by atoms with Crippen molar-refractivity contribution in [2.24, 2.45) is 5.10 Å². The van der Waals surface area contributed by atoms with Crippen molar-refractivity contribution in [3.63, 3.8) is 0 Å². The lowest BCUT2D eigenvalue weighted by Crippen LogP contribution is -2.02. The van der Waals surface area contributed by atoms with Gasteiger partial charge in [-0.05, 0) is 24.3 Å². The van der Waals surface area contributed by atoms with Crippen LogP contribution in [0.25, 0.3) is 0 Å². The minimum atomic E-state index is -0.574. The first-order valence-corrected chi connectivity index (χ1v) is 9.73. The molecular weight excluding hydrogens is 428 g/mol. The average Bonchev–Trinajstić information content (AvgIpc) is 3.41. The normalized spacial score (nSPS) is 12.3. The fourth-order valence-electron chi connectivity index (χ4n) is 2.57. The third-order valence-corrected chi connectivity index (χ3v) is 4.94. The number of anilines is 1. The molecular formula is C18H14N6O6S. The lowest BCUT2D eigenvalue weighted by molar-refractivity contribution is -0.384. The number of benzene rings is 2. The van der Waals surface area contributed by atoms with Crippen molar-refractivity contribution in [2.75, 3.05) is 18.0 Å². The van der Waals surface area contributed by atoms with Crippen molar-refractivity contribution < 1.29 is 24.3 Å². The van der Waals surface area contributed by atoms with Crippen LogP contribution in [0.1, 0.15) is 15.9 Å². The predicted octanol–water partition coefficient (Wildman–Crippen LogP) is 2.57. The van der Waals surface area contributed by atoms with Crippen molar-refractivity contribution in [3.05, 3.63) is 57.6 Å². The molecule has 0 saturated heterocycles. The highest BCUT2D eigenvalue weighted by atomic mass is 32.2. The van der Waals surface area contributed by atoms with Crippen molar-refractivity contribution in [1.82, 2.24) is 15.2 Å². The molecule has 1 aliphatic rings. The van der Waals surface area contributed by atoms with E-state index in [9.17, 15) is 20.0 Å². The van der Waals surface area contributed by atoms with E-state index in [1.54, 1.807) is 18.2 Å². The number of carbonyl (C=O) groups is 1. The number of Topliss-reactive ketones (excluding diaryl/α,β-unsaturated/α-hetero) is 1.